The molecule has 0 aliphatic carbocycles. The van der Waals surface area contributed by atoms with Crippen LogP contribution in [0.5, 0.6) is 0 Å². The lowest BCUT2D eigenvalue weighted by Crippen LogP contribution is -2.29. The summed E-state index contributed by atoms with van der Waals surface area (Å²) in [7, 11) is 0. The van der Waals surface area contributed by atoms with Gasteiger partial charge in [-0.15, -0.1) is 5.10 Å². The van der Waals surface area contributed by atoms with Crippen molar-refractivity contribution in [3.8, 4) is 0 Å². The van der Waals surface area contributed by atoms with Crippen LogP contribution in [0.3, 0.4) is 0 Å². The topological polar surface area (TPSA) is 66.0 Å². The van der Waals surface area contributed by atoms with Crippen molar-refractivity contribution in [3.05, 3.63) is 60.3 Å². The lowest BCUT2D eigenvalue weighted by molar-refractivity contribution is 0.578. The molecular weight excluding hydrogens is 348 g/mol. The number of benzene rings is 2. The fourth-order valence-corrected chi connectivity index (χ4v) is 3.43. The first-order chi connectivity index (χ1) is 13.8. The van der Waals surface area contributed by atoms with Crippen molar-refractivity contribution in [1.82, 2.24) is 15.2 Å². The molecule has 2 heterocycles. The Morgan fingerprint density at radius 2 is 1.54 bits per heavy atom. The van der Waals surface area contributed by atoms with Gasteiger partial charge in [0.2, 0.25) is 5.95 Å². The lowest BCUT2D eigenvalue weighted by atomic mass is 10.1. The molecule has 0 saturated carbocycles. The molecule has 6 heteroatoms. The summed E-state index contributed by atoms with van der Waals surface area (Å²) in [5.74, 6) is 1.13. The predicted molar refractivity (Wildman–Crippen MR) is 115 cm³/mol. The van der Waals surface area contributed by atoms with E-state index in [9.17, 15) is 0 Å². The first-order valence-corrected chi connectivity index (χ1v) is 9.98. The highest BCUT2D eigenvalue weighted by atomic mass is 15.3. The molecule has 0 radical (unpaired) electrons. The molecule has 0 atom stereocenters. The van der Waals surface area contributed by atoms with E-state index in [0.717, 1.165) is 30.9 Å². The van der Waals surface area contributed by atoms with E-state index < -0.39 is 0 Å². The average molecular weight is 374 g/mol. The predicted octanol–water partition coefficient (Wildman–Crippen LogP) is 4.91. The number of nitrogens with one attached hydrogen (secondary N) is 2. The van der Waals surface area contributed by atoms with Crippen molar-refractivity contribution < 1.29 is 0 Å². The van der Waals surface area contributed by atoms with Crippen molar-refractivity contribution in [3.63, 3.8) is 0 Å². The minimum absolute atomic E-state index is 0.471. The highest BCUT2D eigenvalue weighted by Gasteiger charge is 2.10. The van der Waals surface area contributed by atoms with E-state index >= 15 is 0 Å². The number of piperidine rings is 1. The first-order valence-electron chi connectivity index (χ1n) is 9.98. The molecule has 28 heavy (non-hydrogen) atoms. The van der Waals surface area contributed by atoms with E-state index in [-0.39, 0.29) is 0 Å². The number of hydrogen-bond donors (Lipinski definition) is 2. The molecule has 0 bridgehead atoms. The Morgan fingerprint density at radius 1 is 0.857 bits per heavy atom. The number of nitrogens with zero attached hydrogens (tertiary/aromatic N) is 4. The van der Waals surface area contributed by atoms with Gasteiger partial charge in [-0.2, -0.15) is 10.1 Å². The zero-order valence-electron chi connectivity index (χ0n) is 16.2. The van der Waals surface area contributed by atoms with Crippen LogP contribution in [0.25, 0.3) is 0 Å². The number of rotatable bonds is 6. The normalized spacial score (nSPS) is 14.0. The van der Waals surface area contributed by atoms with Crippen LogP contribution in [0.1, 0.15) is 31.7 Å². The number of anilines is 5. The van der Waals surface area contributed by atoms with Gasteiger partial charge in [-0.3, -0.25) is 0 Å². The van der Waals surface area contributed by atoms with E-state index in [1.807, 2.05) is 12.1 Å². The SMILES string of the molecule is CCc1ccc(Nc2nncc(Nc3ccc(N4CCCCC4)cc3)n2)cc1. The Labute approximate surface area is 166 Å². The molecule has 4 rings (SSSR count). The van der Waals surface area contributed by atoms with Crippen molar-refractivity contribution in [2.24, 2.45) is 0 Å². The molecule has 3 aromatic rings. The fraction of sp³-hybridized carbons (Fsp3) is 0.318. The summed E-state index contributed by atoms with van der Waals surface area (Å²) in [6, 6.07) is 16.8. The van der Waals surface area contributed by atoms with E-state index in [1.54, 1.807) is 6.20 Å². The highest BCUT2D eigenvalue weighted by Crippen LogP contribution is 2.23. The van der Waals surface area contributed by atoms with Gasteiger partial charge in [0.1, 0.15) is 0 Å². The van der Waals surface area contributed by atoms with Crippen LogP contribution in [0.2, 0.25) is 0 Å². The van der Waals surface area contributed by atoms with E-state index in [0.29, 0.717) is 11.8 Å². The average Bonchev–Trinajstić information content (AvgIpc) is 2.76. The highest BCUT2D eigenvalue weighted by molar-refractivity contribution is 5.62. The second-order valence-electron chi connectivity index (χ2n) is 7.06. The Morgan fingerprint density at radius 3 is 2.25 bits per heavy atom. The second kappa shape index (κ2) is 8.69. The van der Waals surface area contributed by atoms with Gasteiger partial charge in [0.25, 0.3) is 0 Å². The molecule has 2 N–H and O–H groups in total. The summed E-state index contributed by atoms with van der Waals surface area (Å²) in [5.41, 5.74) is 4.51. The van der Waals surface area contributed by atoms with Gasteiger partial charge in [-0.1, -0.05) is 19.1 Å². The monoisotopic (exact) mass is 374 g/mol. The molecule has 1 aliphatic rings. The van der Waals surface area contributed by atoms with Gasteiger partial charge in [-0.05, 0) is 67.6 Å². The Kier molecular flexibility index (Phi) is 5.66. The van der Waals surface area contributed by atoms with Crippen LogP contribution in [0.4, 0.5) is 28.8 Å². The third-order valence-corrected chi connectivity index (χ3v) is 5.04. The molecule has 144 valence electrons. The molecule has 1 fully saturated rings. The van der Waals surface area contributed by atoms with E-state index in [4.69, 9.17) is 0 Å². The Balaban J connectivity index is 1.41. The van der Waals surface area contributed by atoms with Crippen LogP contribution >= 0.6 is 0 Å². The molecular formula is C22H26N6. The fourth-order valence-electron chi connectivity index (χ4n) is 3.43. The summed E-state index contributed by atoms with van der Waals surface area (Å²) in [6.07, 6.45) is 6.56. The molecule has 1 aromatic heterocycles. The van der Waals surface area contributed by atoms with Crippen LogP contribution in [-0.2, 0) is 6.42 Å². The Bertz CT molecular complexity index is 886. The van der Waals surface area contributed by atoms with Gasteiger partial charge in [0.05, 0.1) is 6.20 Å². The largest absolute Gasteiger partial charge is 0.372 e. The minimum atomic E-state index is 0.471. The summed E-state index contributed by atoms with van der Waals surface area (Å²) in [4.78, 5) is 6.96. The van der Waals surface area contributed by atoms with Gasteiger partial charge in [0.15, 0.2) is 5.82 Å². The standard InChI is InChI=1S/C22H26N6/c1-2-17-6-8-19(9-7-17)25-22-26-21(16-23-27-22)24-18-10-12-20(13-11-18)28-14-4-3-5-15-28/h6-13,16H,2-5,14-15H2,1H3,(H2,24,25,26,27). The van der Waals surface area contributed by atoms with E-state index in [1.165, 1.54) is 30.5 Å². The maximum absolute atomic E-state index is 4.51. The van der Waals surface area contributed by atoms with Gasteiger partial charge < -0.3 is 15.5 Å². The van der Waals surface area contributed by atoms with Gasteiger partial charge >= 0.3 is 0 Å². The molecule has 1 saturated heterocycles. The third-order valence-electron chi connectivity index (χ3n) is 5.04. The molecule has 1 aliphatic heterocycles. The Hall–Kier alpha value is -3.15. The summed E-state index contributed by atoms with van der Waals surface area (Å²) >= 11 is 0. The molecule has 2 aromatic carbocycles. The maximum atomic E-state index is 4.51. The molecule has 0 unspecified atom stereocenters. The van der Waals surface area contributed by atoms with Crippen LogP contribution in [0.15, 0.2) is 54.7 Å². The van der Waals surface area contributed by atoms with Crippen molar-refractivity contribution >= 4 is 28.8 Å². The van der Waals surface area contributed by atoms with Crippen LogP contribution in [-0.4, -0.2) is 28.3 Å². The molecule has 6 nitrogen and oxygen atoms in total. The van der Waals surface area contributed by atoms with Gasteiger partial charge in [-0.25, -0.2) is 0 Å². The van der Waals surface area contributed by atoms with E-state index in [2.05, 4.69) is 74.0 Å². The minimum Gasteiger partial charge on any atom is -0.372 e. The zero-order chi connectivity index (χ0) is 19.2. The summed E-state index contributed by atoms with van der Waals surface area (Å²) in [6.45, 7) is 4.44. The smallest absolute Gasteiger partial charge is 0.249 e. The quantitative estimate of drug-likeness (QED) is 0.639. The zero-order valence-corrected chi connectivity index (χ0v) is 16.2. The number of hydrogen-bond acceptors (Lipinski definition) is 6. The molecule has 0 amide bonds. The van der Waals surface area contributed by atoms with Crippen LogP contribution in [0, 0.1) is 0 Å². The van der Waals surface area contributed by atoms with Crippen molar-refractivity contribution in [1.29, 1.82) is 0 Å². The summed E-state index contributed by atoms with van der Waals surface area (Å²) in [5, 5.41) is 14.6. The molecule has 0 spiro atoms. The number of aryl methyl sites for hydroxylation is 1. The third kappa shape index (κ3) is 4.57. The van der Waals surface area contributed by atoms with Crippen LogP contribution < -0.4 is 15.5 Å². The second-order valence-corrected chi connectivity index (χ2v) is 7.06. The maximum Gasteiger partial charge on any atom is 0.249 e. The van der Waals surface area contributed by atoms with Crippen molar-refractivity contribution in [2.75, 3.05) is 28.6 Å². The van der Waals surface area contributed by atoms with Crippen molar-refractivity contribution in [2.45, 2.75) is 32.6 Å². The summed E-state index contributed by atoms with van der Waals surface area (Å²) < 4.78 is 0. The van der Waals surface area contributed by atoms with Gasteiger partial charge in [0, 0.05) is 30.2 Å². The lowest BCUT2D eigenvalue weighted by Gasteiger charge is -2.28. The first kappa shape index (κ1) is 18.2. The number of aromatic nitrogens is 3.